The molecule has 0 saturated heterocycles. The lowest BCUT2D eigenvalue weighted by Crippen LogP contribution is -2.28. The summed E-state index contributed by atoms with van der Waals surface area (Å²) in [7, 11) is 1.74. The molecule has 1 unspecified atom stereocenters. The lowest BCUT2D eigenvalue weighted by atomic mass is 9.99. The van der Waals surface area contributed by atoms with Gasteiger partial charge in [-0.2, -0.15) is 0 Å². The van der Waals surface area contributed by atoms with Gasteiger partial charge in [-0.25, -0.2) is 0 Å². The highest BCUT2D eigenvalue weighted by Gasteiger charge is 2.17. The molecule has 0 amide bonds. The summed E-state index contributed by atoms with van der Waals surface area (Å²) >= 11 is 0. The molecule has 2 rings (SSSR count). The van der Waals surface area contributed by atoms with Crippen molar-refractivity contribution in [3.63, 3.8) is 0 Å². The predicted octanol–water partition coefficient (Wildman–Crippen LogP) is 1.28. The maximum atomic E-state index is 5.34. The Labute approximate surface area is 72.5 Å². The molecule has 1 aliphatic rings. The molecular formula is C10H12NO. The SMILES string of the molecule is COC1CNCc2cc[c]cc21. The molecule has 12 heavy (non-hydrogen) atoms. The second kappa shape index (κ2) is 3.25. The molecule has 0 bridgehead atoms. The molecule has 2 nitrogen and oxygen atoms in total. The summed E-state index contributed by atoms with van der Waals surface area (Å²) in [6.07, 6.45) is 0.200. The van der Waals surface area contributed by atoms with E-state index >= 15 is 0 Å². The van der Waals surface area contributed by atoms with Gasteiger partial charge in [-0.3, -0.25) is 0 Å². The van der Waals surface area contributed by atoms with E-state index in [1.54, 1.807) is 7.11 Å². The second-order valence-electron chi connectivity index (χ2n) is 2.98. The van der Waals surface area contributed by atoms with Crippen LogP contribution in [0.1, 0.15) is 17.2 Å². The molecule has 1 N–H and O–H groups in total. The Bertz CT molecular complexity index is 272. The van der Waals surface area contributed by atoms with Gasteiger partial charge in [0.1, 0.15) is 0 Å². The zero-order chi connectivity index (χ0) is 8.39. The fraction of sp³-hybridized carbons (Fsp3) is 0.400. The van der Waals surface area contributed by atoms with Crippen LogP contribution < -0.4 is 5.32 Å². The molecule has 1 aliphatic heterocycles. The number of fused-ring (bicyclic) bond motifs is 1. The average molecular weight is 162 g/mol. The summed E-state index contributed by atoms with van der Waals surface area (Å²) in [5, 5.41) is 3.30. The van der Waals surface area contributed by atoms with E-state index in [0.717, 1.165) is 13.1 Å². The first kappa shape index (κ1) is 7.77. The van der Waals surface area contributed by atoms with Gasteiger partial charge in [0.15, 0.2) is 0 Å². The summed E-state index contributed by atoms with van der Waals surface area (Å²) in [6.45, 7) is 1.85. The number of methoxy groups -OCH3 is 1. The number of rotatable bonds is 1. The average Bonchev–Trinajstić information content (AvgIpc) is 2.17. The lowest BCUT2D eigenvalue weighted by molar-refractivity contribution is 0.0955. The van der Waals surface area contributed by atoms with Crippen molar-refractivity contribution in [2.24, 2.45) is 0 Å². The second-order valence-corrected chi connectivity index (χ2v) is 2.98. The minimum absolute atomic E-state index is 0.200. The minimum Gasteiger partial charge on any atom is -0.375 e. The van der Waals surface area contributed by atoms with Gasteiger partial charge in [0.25, 0.3) is 0 Å². The van der Waals surface area contributed by atoms with Crippen molar-refractivity contribution >= 4 is 0 Å². The monoisotopic (exact) mass is 162 g/mol. The Hall–Kier alpha value is -0.860. The fourth-order valence-electron chi connectivity index (χ4n) is 1.59. The first-order valence-electron chi connectivity index (χ1n) is 4.14. The highest BCUT2D eigenvalue weighted by molar-refractivity contribution is 5.30. The Kier molecular flexibility index (Phi) is 2.11. The molecule has 0 spiro atoms. The molecule has 0 aromatic heterocycles. The van der Waals surface area contributed by atoms with E-state index in [4.69, 9.17) is 4.74 Å². The van der Waals surface area contributed by atoms with Crippen molar-refractivity contribution < 1.29 is 4.74 Å². The topological polar surface area (TPSA) is 21.3 Å². The lowest BCUT2D eigenvalue weighted by Gasteiger charge is -2.24. The predicted molar refractivity (Wildman–Crippen MR) is 46.7 cm³/mol. The van der Waals surface area contributed by atoms with Crippen LogP contribution in [0.3, 0.4) is 0 Å². The number of ether oxygens (including phenoxy) is 1. The van der Waals surface area contributed by atoms with E-state index in [9.17, 15) is 0 Å². The first-order valence-corrected chi connectivity index (χ1v) is 4.14. The molecule has 1 atom stereocenters. The maximum Gasteiger partial charge on any atom is 0.0948 e. The fourth-order valence-corrected chi connectivity index (χ4v) is 1.59. The van der Waals surface area contributed by atoms with Crippen molar-refractivity contribution in [2.45, 2.75) is 12.6 Å². The van der Waals surface area contributed by atoms with Crippen molar-refractivity contribution in [3.8, 4) is 0 Å². The molecule has 63 valence electrons. The number of hydrogen-bond acceptors (Lipinski definition) is 2. The molecule has 0 saturated carbocycles. The van der Waals surface area contributed by atoms with Crippen molar-refractivity contribution in [1.82, 2.24) is 5.32 Å². The van der Waals surface area contributed by atoms with Crippen LogP contribution in [0.4, 0.5) is 0 Å². The van der Waals surface area contributed by atoms with Gasteiger partial charge < -0.3 is 10.1 Å². The van der Waals surface area contributed by atoms with Crippen molar-refractivity contribution in [3.05, 3.63) is 35.4 Å². The summed E-state index contributed by atoms with van der Waals surface area (Å²) in [5.74, 6) is 0. The van der Waals surface area contributed by atoms with Crippen LogP contribution in [0, 0.1) is 6.07 Å². The Morgan fingerprint density at radius 1 is 1.67 bits per heavy atom. The van der Waals surface area contributed by atoms with E-state index in [1.165, 1.54) is 11.1 Å². The third-order valence-electron chi connectivity index (χ3n) is 2.27. The highest BCUT2D eigenvalue weighted by Crippen LogP contribution is 2.23. The Morgan fingerprint density at radius 2 is 2.58 bits per heavy atom. The third-order valence-corrected chi connectivity index (χ3v) is 2.27. The molecule has 1 aromatic carbocycles. The standard InChI is InChI=1S/C10H12NO/c1-12-10-7-11-6-8-4-2-3-5-9(8)10/h2,4-5,10-11H,6-7H2,1H3. The van der Waals surface area contributed by atoms with Crippen LogP contribution in [0.5, 0.6) is 0 Å². The van der Waals surface area contributed by atoms with E-state index in [2.05, 4.69) is 17.4 Å². The van der Waals surface area contributed by atoms with E-state index in [1.807, 2.05) is 12.1 Å². The zero-order valence-electron chi connectivity index (χ0n) is 7.13. The largest absolute Gasteiger partial charge is 0.375 e. The smallest absolute Gasteiger partial charge is 0.0948 e. The zero-order valence-corrected chi connectivity index (χ0v) is 7.13. The van der Waals surface area contributed by atoms with Crippen LogP contribution in [0.2, 0.25) is 0 Å². The van der Waals surface area contributed by atoms with Crippen LogP contribution in [0.25, 0.3) is 0 Å². The van der Waals surface area contributed by atoms with Crippen molar-refractivity contribution in [2.75, 3.05) is 13.7 Å². The normalized spacial score (nSPS) is 21.9. The number of nitrogens with one attached hydrogen (secondary N) is 1. The first-order chi connectivity index (χ1) is 5.92. The quantitative estimate of drug-likeness (QED) is 0.671. The Morgan fingerprint density at radius 3 is 3.42 bits per heavy atom. The van der Waals surface area contributed by atoms with Gasteiger partial charge in [0.05, 0.1) is 6.10 Å². The van der Waals surface area contributed by atoms with E-state index < -0.39 is 0 Å². The van der Waals surface area contributed by atoms with Crippen molar-refractivity contribution in [1.29, 1.82) is 0 Å². The Balaban J connectivity index is 2.37. The molecule has 0 aliphatic carbocycles. The molecule has 1 radical (unpaired) electrons. The van der Waals surface area contributed by atoms with Crippen LogP contribution >= 0.6 is 0 Å². The number of hydrogen-bond donors (Lipinski definition) is 1. The molecular weight excluding hydrogens is 150 g/mol. The van der Waals surface area contributed by atoms with Gasteiger partial charge in [-0.1, -0.05) is 12.1 Å². The van der Waals surface area contributed by atoms with Gasteiger partial charge in [0, 0.05) is 20.2 Å². The van der Waals surface area contributed by atoms with Crippen LogP contribution in [0.15, 0.2) is 18.2 Å². The summed E-state index contributed by atoms with van der Waals surface area (Å²) in [5.41, 5.74) is 2.60. The van der Waals surface area contributed by atoms with Crippen LogP contribution in [-0.2, 0) is 11.3 Å². The molecule has 2 heteroatoms. The third kappa shape index (κ3) is 1.24. The summed E-state index contributed by atoms with van der Waals surface area (Å²) in [4.78, 5) is 0. The van der Waals surface area contributed by atoms with Crippen LogP contribution in [-0.4, -0.2) is 13.7 Å². The van der Waals surface area contributed by atoms with Gasteiger partial charge in [-0.15, -0.1) is 0 Å². The molecule has 1 heterocycles. The van der Waals surface area contributed by atoms with Gasteiger partial charge in [-0.05, 0) is 23.3 Å². The number of benzene rings is 1. The van der Waals surface area contributed by atoms with Gasteiger partial charge >= 0.3 is 0 Å². The summed E-state index contributed by atoms with van der Waals surface area (Å²) in [6, 6.07) is 9.13. The molecule has 1 aromatic rings. The minimum atomic E-state index is 0.200. The highest BCUT2D eigenvalue weighted by atomic mass is 16.5. The summed E-state index contributed by atoms with van der Waals surface area (Å²) < 4.78 is 5.34. The van der Waals surface area contributed by atoms with E-state index in [0.29, 0.717) is 0 Å². The van der Waals surface area contributed by atoms with E-state index in [-0.39, 0.29) is 6.10 Å². The maximum absolute atomic E-state index is 5.34. The molecule has 0 fully saturated rings. The van der Waals surface area contributed by atoms with Gasteiger partial charge in [0.2, 0.25) is 0 Å².